The van der Waals surface area contributed by atoms with Crippen LogP contribution in [0.5, 0.6) is 0 Å². The Morgan fingerprint density at radius 3 is 3.07 bits per heavy atom. The Morgan fingerprint density at radius 2 is 2.33 bits per heavy atom. The molecule has 1 aromatic rings. The van der Waals surface area contributed by atoms with Gasteiger partial charge in [0.25, 0.3) is 0 Å². The van der Waals surface area contributed by atoms with E-state index >= 15 is 0 Å². The average molecular weight is 204 g/mol. The summed E-state index contributed by atoms with van der Waals surface area (Å²) in [7, 11) is 1.95. The van der Waals surface area contributed by atoms with Crippen LogP contribution in [-0.2, 0) is 11.2 Å². The van der Waals surface area contributed by atoms with Crippen molar-refractivity contribution in [3.63, 3.8) is 0 Å². The highest BCUT2D eigenvalue weighted by Gasteiger charge is 2.18. The molecule has 0 bridgehead atoms. The second-order valence-corrected chi connectivity index (χ2v) is 4.10. The molecule has 1 aliphatic heterocycles. The molecular weight excluding hydrogens is 188 g/mol. The van der Waals surface area contributed by atoms with Gasteiger partial charge in [-0.05, 0) is 30.2 Å². The van der Waals surface area contributed by atoms with Crippen LogP contribution in [0.2, 0.25) is 0 Å². The van der Waals surface area contributed by atoms with Crippen molar-refractivity contribution >= 4 is 11.6 Å². The van der Waals surface area contributed by atoms with Crippen LogP contribution in [0.1, 0.15) is 24.0 Å². The first kappa shape index (κ1) is 10.2. The zero-order valence-electron chi connectivity index (χ0n) is 9.13. The highest BCUT2D eigenvalue weighted by Crippen LogP contribution is 2.26. The maximum atomic E-state index is 11.2. The number of anilines is 1. The highest BCUT2D eigenvalue weighted by molar-refractivity contribution is 5.99. The molecule has 3 nitrogen and oxygen atoms in total. The molecule has 0 saturated heterocycles. The molecule has 0 fully saturated rings. The lowest BCUT2D eigenvalue weighted by molar-refractivity contribution is -0.115. The number of hydrogen-bond donors (Lipinski definition) is 2. The zero-order valence-corrected chi connectivity index (χ0v) is 9.13. The molecule has 80 valence electrons. The fraction of sp³-hybridized carbons (Fsp3) is 0.417. The molecule has 15 heavy (non-hydrogen) atoms. The summed E-state index contributed by atoms with van der Waals surface area (Å²) in [5, 5.41) is 6.00. The summed E-state index contributed by atoms with van der Waals surface area (Å²) in [6.07, 6.45) is 0.523. The number of carbonyl (C=O) groups excluding carboxylic acids is 1. The molecule has 0 radical (unpaired) electrons. The minimum Gasteiger partial charge on any atom is -0.326 e. The van der Waals surface area contributed by atoms with Crippen LogP contribution in [-0.4, -0.2) is 19.5 Å². The smallest absolute Gasteiger partial charge is 0.228 e. The molecule has 1 unspecified atom stereocenters. The fourth-order valence-corrected chi connectivity index (χ4v) is 1.98. The van der Waals surface area contributed by atoms with Crippen molar-refractivity contribution in [2.75, 3.05) is 18.9 Å². The number of likely N-dealkylation sites (N-methyl/N-ethyl adjacent to an activating group) is 1. The number of nitrogens with one attached hydrogen (secondary N) is 2. The van der Waals surface area contributed by atoms with Gasteiger partial charge in [-0.25, -0.2) is 0 Å². The minimum atomic E-state index is 0.100. The summed E-state index contributed by atoms with van der Waals surface area (Å²) in [6, 6.07) is 6.23. The van der Waals surface area contributed by atoms with E-state index in [1.165, 1.54) is 5.56 Å². The summed E-state index contributed by atoms with van der Waals surface area (Å²) in [5.41, 5.74) is 3.39. The van der Waals surface area contributed by atoms with Gasteiger partial charge in [-0.3, -0.25) is 4.79 Å². The Balaban J connectivity index is 2.23. The van der Waals surface area contributed by atoms with Gasteiger partial charge in [0.15, 0.2) is 0 Å². The van der Waals surface area contributed by atoms with E-state index in [0.717, 1.165) is 17.8 Å². The summed E-state index contributed by atoms with van der Waals surface area (Å²) in [5.74, 6) is 0.583. The molecule has 3 heteroatoms. The predicted octanol–water partition coefficient (Wildman–Crippen LogP) is 1.50. The van der Waals surface area contributed by atoms with E-state index in [1.54, 1.807) is 0 Å². The SMILES string of the molecule is CNCC(C)c1ccc2c(c1)CC(=O)N2. The number of benzene rings is 1. The van der Waals surface area contributed by atoms with Crippen molar-refractivity contribution in [1.82, 2.24) is 5.32 Å². The molecule has 2 rings (SSSR count). The van der Waals surface area contributed by atoms with Gasteiger partial charge in [0.1, 0.15) is 0 Å². The van der Waals surface area contributed by atoms with Crippen molar-refractivity contribution < 1.29 is 4.79 Å². The van der Waals surface area contributed by atoms with Crippen LogP contribution in [0.4, 0.5) is 5.69 Å². The van der Waals surface area contributed by atoms with Gasteiger partial charge >= 0.3 is 0 Å². The summed E-state index contributed by atoms with van der Waals surface area (Å²) < 4.78 is 0. The lowest BCUT2D eigenvalue weighted by atomic mass is 9.98. The molecule has 2 N–H and O–H groups in total. The third kappa shape index (κ3) is 2.02. The van der Waals surface area contributed by atoms with Crippen LogP contribution in [0.15, 0.2) is 18.2 Å². The molecule has 0 aromatic heterocycles. The van der Waals surface area contributed by atoms with E-state index in [0.29, 0.717) is 12.3 Å². The lowest BCUT2D eigenvalue weighted by Gasteiger charge is -2.12. The van der Waals surface area contributed by atoms with Gasteiger partial charge in [0.2, 0.25) is 5.91 Å². The largest absolute Gasteiger partial charge is 0.326 e. The summed E-state index contributed by atoms with van der Waals surface area (Å²) in [4.78, 5) is 11.2. The van der Waals surface area contributed by atoms with Gasteiger partial charge in [-0.1, -0.05) is 19.1 Å². The van der Waals surface area contributed by atoms with E-state index in [9.17, 15) is 4.79 Å². The highest BCUT2D eigenvalue weighted by atomic mass is 16.1. The Labute approximate surface area is 89.9 Å². The standard InChI is InChI=1S/C12H16N2O/c1-8(7-13-2)9-3-4-11-10(5-9)6-12(15)14-11/h3-5,8,13H,6-7H2,1-2H3,(H,14,15). The van der Waals surface area contributed by atoms with Crippen molar-refractivity contribution in [2.24, 2.45) is 0 Å². The first-order valence-corrected chi connectivity index (χ1v) is 5.28. The van der Waals surface area contributed by atoms with Crippen molar-refractivity contribution in [2.45, 2.75) is 19.3 Å². The molecule has 1 heterocycles. The normalized spacial score (nSPS) is 16.0. The Morgan fingerprint density at radius 1 is 1.53 bits per heavy atom. The van der Waals surface area contributed by atoms with Crippen molar-refractivity contribution in [3.05, 3.63) is 29.3 Å². The second-order valence-electron chi connectivity index (χ2n) is 4.10. The van der Waals surface area contributed by atoms with E-state index in [-0.39, 0.29) is 5.91 Å². The van der Waals surface area contributed by atoms with E-state index in [1.807, 2.05) is 13.1 Å². The molecule has 1 aliphatic rings. The molecule has 1 aromatic carbocycles. The van der Waals surface area contributed by atoms with E-state index in [2.05, 4.69) is 29.7 Å². The first-order chi connectivity index (χ1) is 7.20. The van der Waals surface area contributed by atoms with Gasteiger partial charge in [0, 0.05) is 12.2 Å². The van der Waals surface area contributed by atoms with Crippen molar-refractivity contribution in [3.8, 4) is 0 Å². The molecule has 0 spiro atoms. The number of amides is 1. The minimum absolute atomic E-state index is 0.100. The van der Waals surface area contributed by atoms with E-state index < -0.39 is 0 Å². The van der Waals surface area contributed by atoms with Gasteiger partial charge < -0.3 is 10.6 Å². The van der Waals surface area contributed by atoms with Crippen LogP contribution < -0.4 is 10.6 Å². The Bertz CT molecular complexity index is 387. The molecule has 0 aliphatic carbocycles. The maximum absolute atomic E-state index is 11.2. The third-order valence-electron chi connectivity index (χ3n) is 2.83. The third-order valence-corrected chi connectivity index (χ3v) is 2.83. The topological polar surface area (TPSA) is 41.1 Å². The van der Waals surface area contributed by atoms with Crippen molar-refractivity contribution in [1.29, 1.82) is 0 Å². The number of hydrogen-bond acceptors (Lipinski definition) is 2. The summed E-state index contributed by atoms with van der Waals surface area (Å²) in [6.45, 7) is 3.14. The van der Waals surface area contributed by atoms with Gasteiger partial charge in [0.05, 0.1) is 6.42 Å². The predicted molar refractivity (Wildman–Crippen MR) is 61.1 cm³/mol. The first-order valence-electron chi connectivity index (χ1n) is 5.28. The number of carbonyl (C=O) groups is 1. The lowest BCUT2D eigenvalue weighted by Crippen LogP contribution is -2.14. The second kappa shape index (κ2) is 4.03. The van der Waals surface area contributed by atoms with Gasteiger partial charge in [-0.15, -0.1) is 0 Å². The average Bonchev–Trinajstić information content (AvgIpc) is 2.57. The molecule has 0 saturated carbocycles. The van der Waals surface area contributed by atoms with Crippen LogP contribution in [0.3, 0.4) is 0 Å². The summed E-state index contributed by atoms with van der Waals surface area (Å²) >= 11 is 0. The quantitative estimate of drug-likeness (QED) is 0.783. The maximum Gasteiger partial charge on any atom is 0.228 e. The Kier molecular flexibility index (Phi) is 2.73. The molecule has 1 atom stereocenters. The van der Waals surface area contributed by atoms with E-state index in [4.69, 9.17) is 0 Å². The monoisotopic (exact) mass is 204 g/mol. The number of rotatable bonds is 3. The fourth-order valence-electron chi connectivity index (χ4n) is 1.98. The van der Waals surface area contributed by atoms with Crippen LogP contribution in [0, 0.1) is 0 Å². The van der Waals surface area contributed by atoms with Crippen LogP contribution in [0.25, 0.3) is 0 Å². The molecular formula is C12H16N2O. The zero-order chi connectivity index (χ0) is 10.8. The Hall–Kier alpha value is -1.35. The van der Waals surface area contributed by atoms with Gasteiger partial charge in [-0.2, -0.15) is 0 Å². The molecule has 1 amide bonds. The number of fused-ring (bicyclic) bond motifs is 1. The van der Waals surface area contributed by atoms with Crippen LogP contribution >= 0.6 is 0 Å².